The molecule has 4 rings (SSSR count). The number of amides is 2. The number of carbonyl (C=O) groups is 1. The molecule has 0 aromatic carbocycles. The molecule has 3 aromatic rings. The molecule has 1 atom stereocenters. The average Bonchev–Trinajstić information content (AvgIpc) is 3.25. The van der Waals surface area contributed by atoms with Crippen LogP contribution in [0.25, 0.3) is 5.78 Å². The fourth-order valence-electron chi connectivity index (χ4n) is 3.01. The fourth-order valence-corrected chi connectivity index (χ4v) is 3.01. The zero-order chi connectivity index (χ0) is 21.0. The van der Waals surface area contributed by atoms with E-state index in [0.717, 1.165) is 29.9 Å². The number of aromatic nitrogens is 4. The van der Waals surface area contributed by atoms with Crippen LogP contribution < -0.4 is 34.4 Å². The van der Waals surface area contributed by atoms with Gasteiger partial charge in [-0.05, 0) is 20.3 Å². The van der Waals surface area contributed by atoms with Crippen LogP contribution in [0.3, 0.4) is 0 Å². The maximum Gasteiger partial charge on any atom is 1.00 e. The molecule has 1 aliphatic heterocycles. The van der Waals surface area contributed by atoms with Gasteiger partial charge in [-0.3, -0.25) is 4.40 Å². The van der Waals surface area contributed by atoms with Gasteiger partial charge in [-0.25, -0.2) is 14.8 Å². The van der Waals surface area contributed by atoms with E-state index in [1.165, 1.54) is 0 Å². The molecule has 1 aliphatic rings. The molecular weight excluding hydrogens is 373 g/mol. The van der Waals surface area contributed by atoms with Gasteiger partial charge in [-0.1, -0.05) is 13.1 Å². The molecule has 0 saturated heterocycles. The number of nitrogens with zero attached hydrogens (tertiary/aromatic N) is 5. The van der Waals surface area contributed by atoms with Crippen molar-refractivity contribution in [2.75, 3.05) is 23.3 Å². The molecule has 30 heavy (non-hydrogen) atoms. The third-order valence-electron chi connectivity index (χ3n) is 4.38. The number of anilines is 2. The molecule has 154 valence electrons. The summed E-state index contributed by atoms with van der Waals surface area (Å²) in [4.78, 5) is 27.2. The molecule has 0 unspecified atom stereocenters. The second-order valence-corrected chi connectivity index (χ2v) is 6.91. The van der Waals surface area contributed by atoms with Crippen LogP contribution in [0.5, 0.6) is 0 Å². The van der Waals surface area contributed by atoms with Gasteiger partial charge in [0.15, 0.2) is 0 Å². The summed E-state index contributed by atoms with van der Waals surface area (Å²) >= 11 is 0. The van der Waals surface area contributed by atoms with Crippen molar-refractivity contribution in [1.82, 2.24) is 24.7 Å². The summed E-state index contributed by atoms with van der Waals surface area (Å²) in [6.07, 6.45) is 6.13. The van der Waals surface area contributed by atoms with Gasteiger partial charge in [0.05, 0.1) is 17.1 Å². The number of urea groups is 1. The normalized spacial score (nSPS) is 13.2. The predicted molar refractivity (Wildman–Crippen MR) is 114 cm³/mol. The molecule has 4 heterocycles. The van der Waals surface area contributed by atoms with Crippen molar-refractivity contribution in [3.05, 3.63) is 61.5 Å². The summed E-state index contributed by atoms with van der Waals surface area (Å²) in [6.45, 7) is 14.4. The Kier molecular flexibility index (Phi) is 8.41. The average molecular weight is 399 g/mol. The zero-order valence-electron chi connectivity index (χ0n) is 18.1. The third-order valence-corrected chi connectivity index (χ3v) is 4.38. The van der Waals surface area contributed by atoms with Crippen molar-refractivity contribution in [3.63, 3.8) is 0 Å². The van der Waals surface area contributed by atoms with Gasteiger partial charge in [-0.15, -0.1) is 18.2 Å². The Morgan fingerprint density at radius 1 is 1.33 bits per heavy atom. The van der Waals surface area contributed by atoms with Gasteiger partial charge in [0.1, 0.15) is 0 Å². The smallest absolute Gasteiger partial charge is 0.373 e. The van der Waals surface area contributed by atoms with Gasteiger partial charge in [0.2, 0.25) is 5.78 Å². The van der Waals surface area contributed by atoms with Crippen LogP contribution in [-0.4, -0.2) is 44.5 Å². The number of fused-ring (bicyclic) bond motifs is 2. The molecule has 2 N–H and O–H groups in total. The third kappa shape index (κ3) is 5.60. The Bertz CT molecular complexity index is 1000. The van der Waals surface area contributed by atoms with Crippen molar-refractivity contribution in [3.8, 4) is 0 Å². The fraction of sp³-hybridized carbons (Fsp3) is 0.333. The topological polar surface area (TPSA) is 87.5 Å². The first-order chi connectivity index (χ1) is 13.9. The molecule has 3 aromatic heterocycles. The van der Waals surface area contributed by atoms with Crippen LogP contribution >= 0.6 is 0 Å². The number of carbonyl (C=O) groups excluding carboxylic acids is 1. The SMILES string of the molecule is Cc1cn2cc(NC(=O)N3CCc4[c-]ccnc43)c(C)nc2n1.[CH2-]CN[C@@H]([CH2-])C.[Li+]. The zero-order valence-corrected chi connectivity index (χ0v) is 18.1. The van der Waals surface area contributed by atoms with E-state index in [-0.39, 0.29) is 24.9 Å². The molecule has 0 radical (unpaired) electrons. The van der Waals surface area contributed by atoms with Crippen molar-refractivity contribution >= 4 is 23.3 Å². The molecule has 0 saturated carbocycles. The van der Waals surface area contributed by atoms with E-state index in [0.29, 0.717) is 29.9 Å². The number of hydrogen-bond acceptors (Lipinski definition) is 5. The molecule has 0 fully saturated rings. The van der Waals surface area contributed by atoms with E-state index in [9.17, 15) is 4.79 Å². The van der Waals surface area contributed by atoms with E-state index in [2.05, 4.69) is 45.5 Å². The minimum absolute atomic E-state index is 0. The summed E-state index contributed by atoms with van der Waals surface area (Å²) in [5.74, 6) is 1.30. The number of rotatable bonds is 3. The summed E-state index contributed by atoms with van der Waals surface area (Å²) < 4.78 is 1.81. The minimum Gasteiger partial charge on any atom is -0.373 e. The van der Waals surface area contributed by atoms with Gasteiger partial charge in [-0.2, -0.15) is 12.1 Å². The van der Waals surface area contributed by atoms with Crippen LogP contribution in [0.4, 0.5) is 16.3 Å². The summed E-state index contributed by atoms with van der Waals surface area (Å²) in [5.41, 5.74) is 3.24. The largest absolute Gasteiger partial charge is 1.00 e. The Hall–Kier alpha value is -2.40. The monoisotopic (exact) mass is 399 g/mol. The Labute approximate surface area is 189 Å². The van der Waals surface area contributed by atoms with E-state index < -0.39 is 0 Å². The van der Waals surface area contributed by atoms with Crippen molar-refractivity contribution in [2.45, 2.75) is 33.2 Å². The molecule has 0 aliphatic carbocycles. The standard InChI is InChI=1S/C16H15N6O.C5H11N.Li/c1-10-8-21-9-13(11(2)19-15(21)18-10)20-16(23)22-7-5-12-4-3-6-17-14(12)22;1-4-6-5(2)3;/h3,6,8-9H,5,7H2,1-2H3,(H,20,23);5-6H,1-2,4H2,3H3;/q-1;-2;+1/t;5-;/m.0./s1. The van der Waals surface area contributed by atoms with Crippen molar-refractivity contribution in [2.24, 2.45) is 0 Å². The number of imidazole rings is 1. The molecule has 8 nitrogen and oxygen atoms in total. The first kappa shape index (κ1) is 23.9. The van der Waals surface area contributed by atoms with Crippen LogP contribution in [-0.2, 0) is 6.42 Å². The van der Waals surface area contributed by atoms with Crippen LogP contribution in [0.15, 0.2) is 24.7 Å². The van der Waals surface area contributed by atoms with E-state index >= 15 is 0 Å². The number of hydrogen-bond donors (Lipinski definition) is 2. The van der Waals surface area contributed by atoms with Crippen LogP contribution in [0, 0.1) is 33.8 Å². The molecule has 2 amide bonds. The second kappa shape index (κ2) is 10.6. The maximum absolute atomic E-state index is 12.6. The van der Waals surface area contributed by atoms with Crippen molar-refractivity contribution in [1.29, 1.82) is 0 Å². The second-order valence-electron chi connectivity index (χ2n) is 6.91. The van der Waals surface area contributed by atoms with Crippen LogP contribution in [0.2, 0.25) is 0 Å². The van der Waals surface area contributed by atoms with Gasteiger partial charge in [0.25, 0.3) is 0 Å². The molecule has 0 bridgehead atoms. The summed E-state index contributed by atoms with van der Waals surface area (Å²) in [5, 5.41) is 5.90. The van der Waals surface area contributed by atoms with Crippen LogP contribution in [0.1, 0.15) is 23.9 Å². The molecule has 9 heteroatoms. The Balaban J connectivity index is 0.000000405. The quantitative estimate of drug-likeness (QED) is 0.470. The Morgan fingerprint density at radius 3 is 2.77 bits per heavy atom. The number of nitrogens with one attached hydrogen (secondary N) is 2. The maximum atomic E-state index is 12.6. The number of aryl methyl sites for hydroxylation is 2. The van der Waals surface area contributed by atoms with E-state index in [4.69, 9.17) is 0 Å². The van der Waals surface area contributed by atoms with Gasteiger partial charge in [0, 0.05) is 24.8 Å². The summed E-state index contributed by atoms with van der Waals surface area (Å²) in [6, 6.07) is 5.02. The first-order valence-electron chi connectivity index (χ1n) is 9.51. The van der Waals surface area contributed by atoms with Crippen molar-refractivity contribution < 1.29 is 23.7 Å². The minimum atomic E-state index is -0.211. The van der Waals surface area contributed by atoms with E-state index in [1.54, 1.807) is 17.2 Å². The summed E-state index contributed by atoms with van der Waals surface area (Å²) in [7, 11) is 0. The number of pyridine rings is 1. The molecular formula is C21H26LiN7O-2. The first-order valence-corrected chi connectivity index (χ1v) is 9.51. The van der Waals surface area contributed by atoms with Gasteiger partial charge < -0.3 is 34.4 Å². The van der Waals surface area contributed by atoms with Gasteiger partial charge >= 0.3 is 24.9 Å². The Morgan fingerprint density at radius 2 is 2.10 bits per heavy atom. The van der Waals surface area contributed by atoms with E-state index in [1.807, 2.05) is 37.6 Å². The molecule has 0 spiro atoms. The predicted octanol–water partition coefficient (Wildman–Crippen LogP) is -0.227.